The fourth-order valence-electron chi connectivity index (χ4n) is 1.71. The van der Waals surface area contributed by atoms with E-state index in [1.165, 1.54) is 19.2 Å². The van der Waals surface area contributed by atoms with Crippen molar-refractivity contribution in [2.24, 2.45) is 0 Å². The molecule has 2 rings (SSSR count). The number of thiophene rings is 1. The fraction of sp³-hybridized carbons (Fsp3) is 0.462. The highest BCUT2D eigenvalue weighted by molar-refractivity contribution is 7.15. The van der Waals surface area contributed by atoms with Gasteiger partial charge in [0.05, 0.1) is 11.4 Å². The van der Waals surface area contributed by atoms with Crippen molar-refractivity contribution in [3.8, 4) is 10.7 Å². The van der Waals surface area contributed by atoms with E-state index in [-0.39, 0.29) is 23.9 Å². The van der Waals surface area contributed by atoms with Gasteiger partial charge in [-0.2, -0.15) is 18.2 Å². The summed E-state index contributed by atoms with van der Waals surface area (Å²) in [5, 5.41) is 3.94. The molecule has 0 N–H and O–H groups in total. The van der Waals surface area contributed by atoms with Crippen molar-refractivity contribution in [1.82, 2.24) is 15.2 Å². The molecule has 0 unspecified atom stereocenters. The zero-order valence-corrected chi connectivity index (χ0v) is 13.9. The molecule has 0 spiro atoms. The maximum absolute atomic E-state index is 12.5. The number of carbonyl (C=O) groups is 1. The smallest absolute Gasteiger partial charge is 0.375 e. The van der Waals surface area contributed by atoms with E-state index in [4.69, 9.17) is 4.84 Å². The van der Waals surface area contributed by atoms with Crippen LogP contribution < -0.4 is 0 Å². The second kappa shape index (κ2) is 8.51. The molecule has 0 atom stereocenters. The minimum atomic E-state index is -4.77. The molecule has 144 valence electrons. The summed E-state index contributed by atoms with van der Waals surface area (Å²) in [4.78, 5) is 20.5. The van der Waals surface area contributed by atoms with Crippen molar-refractivity contribution in [1.29, 1.82) is 0 Å². The van der Waals surface area contributed by atoms with Crippen molar-refractivity contribution in [3.63, 3.8) is 0 Å². The molecule has 13 heteroatoms. The van der Waals surface area contributed by atoms with Crippen LogP contribution in [0, 0.1) is 0 Å². The van der Waals surface area contributed by atoms with Crippen LogP contribution in [0.4, 0.5) is 22.0 Å². The standard InChI is InChI=1S/C13H12F5N3O4S/c1-23-6-10(22)21(24-5-9(14)15)4-7-2-3-8(26-7)11-19-12(25-20-11)13(16,17)18/h2-3,9H,4-6H2,1H3. The monoisotopic (exact) mass is 401 g/mol. The Bertz CT molecular complexity index is 733. The summed E-state index contributed by atoms with van der Waals surface area (Å²) in [5.41, 5.74) is 0. The fourth-order valence-corrected chi connectivity index (χ4v) is 2.62. The molecule has 0 aliphatic carbocycles. The summed E-state index contributed by atoms with van der Waals surface area (Å²) in [7, 11) is 1.25. The van der Waals surface area contributed by atoms with Gasteiger partial charge in [0.25, 0.3) is 12.3 Å². The zero-order chi connectivity index (χ0) is 19.3. The Kier molecular flexibility index (Phi) is 6.61. The molecule has 2 heterocycles. The Morgan fingerprint density at radius 2 is 2.12 bits per heavy atom. The van der Waals surface area contributed by atoms with Gasteiger partial charge >= 0.3 is 12.1 Å². The Hall–Kier alpha value is -2.12. The first-order valence-corrected chi connectivity index (χ1v) is 7.72. The molecule has 0 aliphatic rings. The second-order valence-electron chi connectivity index (χ2n) is 4.74. The van der Waals surface area contributed by atoms with Crippen molar-refractivity contribution in [2.75, 3.05) is 20.3 Å². The van der Waals surface area contributed by atoms with Gasteiger partial charge in [0.2, 0.25) is 5.82 Å². The average Bonchev–Trinajstić information content (AvgIpc) is 3.19. The molecular weight excluding hydrogens is 389 g/mol. The van der Waals surface area contributed by atoms with Crippen LogP contribution in [0.3, 0.4) is 0 Å². The van der Waals surface area contributed by atoms with E-state index in [1.54, 1.807) is 0 Å². The first-order valence-electron chi connectivity index (χ1n) is 6.91. The van der Waals surface area contributed by atoms with Crippen LogP contribution in [0.1, 0.15) is 10.8 Å². The number of nitrogens with zero attached hydrogens (tertiary/aromatic N) is 3. The van der Waals surface area contributed by atoms with Crippen molar-refractivity contribution < 1.29 is 40.8 Å². The number of methoxy groups -OCH3 is 1. The van der Waals surface area contributed by atoms with Gasteiger partial charge in [0, 0.05) is 12.0 Å². The van der Waals surface area contributed by atoms with Gasteiger partial charge in [0.1, 0.15) is 13.2 Å². The summed E-state index contributed by atoms with van der Waals surface area (Å²) >= 11 is 0.953. The highest BCUT2D eigenvalue weighted by Gasteiger charge is 2.38. The summed E-state index contributed by atoms with van der Waals surface area (Å²) in [6.07, 6.45) is -7.55. The molecule has 2 aromatic heterocycles. The van der Waals surface area contributed by atoms with E-state index < -0.39 is 31.0 Å². The van der Waals surface area contributed by atoms with E-state index in [0.29, 0.717) is 9.94 Å². The molecule has 7 nitrogen and oxygen atoms in total. The molecule has 0 radical (unpaired) electrons. The van der Waals surface area contributed by atoms with Crippen molar-refractivity contribution in [3.05, 3.63) is 22.9 Å². The maximum atomic E-state index is 12.5. The topological polar surface area (TPSA) is 77.7 Å². The molecule has 26 heavy (non-hydrogen) atoms. The lowest BCUT2D eigenvalue weighted by Gasteiger charge is -2.20. The van der Waals surface area contributed by atoms with Crippen molar-refractivity contribution in [2.45, 2.75) is 19.1 Å². The SMILES string of the molecule is COCC(=O)N(Cc1ccc(-c2noc(C(F)(F)F)n2)s1)OCC(F)F. The number of aromatic nitrogens is 2. The number of rotatable bonds is 8. The summed E-state index contributed by atoms with van der Waals surface area (Å²) < 4.78 is 70.8. The van der Waals surface area contributed by atoms with E-state index in [0.717, 1.165) is 11.3 Å². The largest absolute Gasteiger partial charge is 0.471 e. The third-order valence-electron chi connectivity index (χ3n) is 2.75. The minimum Gasteiger partial charge on any atom is -0.375 e. The molecule has 0 aromatic carbocycles. The Balaban J connectivity index is 2.11. The van der Waals surface area contributed by atoms with E-state index in [1.807, 2.05) is 0 Å². The molecule has 0 saturated heterocycles. The summed E-state index contributed by atoms with van der Waals surface area (Å²) in [6, 6.07) is 2.89. The third-order valence-corrected chi connectivity index (χ3v) is 3.82. The molecule has 0 fully saturated rings. The number of alkyl halides is 5. The van der Waals surface area contributed by atoms with Crippen LogP contribution in [0.15, 0.2) is 16.7 Å². The van der Waals surface area contributed by atoms with Crippen LogP contribution in [-0.4, -0.2) is 47.9 Å². The number of hydroxylamine groups is 2. The van der Waals surface area contributed by atoms with Gasteiger partial charge in [-0.05, 0) is 12.1 Å². The van der Waals surface area contributed by atoms with E-state index in [2.05, 4.69) is 19.4 Å². The lowest BCUT2D eigenvalue weighted by molar-refractivity contribution is -0.204. The van der Waals surface area contributed by atoms with Gasteiger partial charge in [-0.3, -0.25) is 9.63 Å². The molecular formula is C13H12F5N3O4S. The Labute approximate surface area is 147 Å². The zero-order valence-electron chi connectivity index (χ0n) is 13.1. The molecule has 2 aromatic rings. The third kappa shape index (κ3) is 5.44. The number of hydrogen-bond donors (Lipinski definition) is 0. The number of halogens is 5. The van der Waals surface area contributed by atoms with Gasteiger partial charge < -0.3 is 9.26 Å². The number of hydrogen-bond acceptors (Lipinski definition) is 7. The maximum Gasteiger partial charge on any atom is 0.471 e. The van der Waals surface area contributed by atoms with Gasteiger partial charge in [-0.25, -0.2) is 13.8 Å². The average molecular weight is 401 g/mol. The van der Waals surface area contributed by atoms with E-state index in [9.17, 15) is 26.7 Å². The Morgan fingerprint density at radius 1 is 1.38 bits per heavy atom. The quantitative estimate of drug-likeness (QED) is 0.500. The first kappa shape index (κ1) is 20.2. The molecule has 1 amide bonds. The van der Waals surface area contributed by atoms with Gasteiger partial charge in [-0.15, -0.1) is 11.3 Å². The highest BCUT2D eigenvalue weighted by Crippen LogP contribution is 2.32. The molecule has 0 bridgehead atoms. The van der Waals surface area contributed by atoms with Crippen LogP contribution >= 0.6 is 11.3 Å². The number of carbonyl (C=O) groups excluding carboxylic acids is 1. The lowest BCUT2D eigenvalue weighted by atomic mass is 10.4. The number of amides is 1. The van der Waals surface area contributed by atoms with E-state index >= 15 is 0 Å². The van der Waals surface area contributed by atoms with Gasteiger partial charge in [-0.1, -0.05) is 5.16 Å². The normalized spacial score (nSPS) is 12.0. The van der Waals surface area contributed by atoms with Crippen LogP contribution in [0.25, 0.3) is 10.7 Å². The second-order valence-corrected chi connectivity index (χ2v) is 5.91. The predicted octanol–water partition coefficient (Wildman–Crippen LogP) is 2.99. The van der Waals surface area contributed by atoms with Crippen LogP contribution in [0.2, 0.25) is 0 Å². The van der Waals surface area contributed by atoms with Gasteiger partial charge in [0.15, 0.2) is 0 Å². The van der Waals surface area contributed by atoms with Crippen LogP contribution in [0.5, 0.6) is 0 Å². The van der Waals surface area contributed by atoms with Crippen molar-refractivity contribution >= 4 is 17.2 Å². The summed E-state index contributed by atoms with van der Waals surface area (Å²) in [5.74, 6) is -2.46. The van der Waals surface area contributed by atoms with Crippen LogP contribution in [-0.2, 0) is 27.1 Å². The number of ether oxygens (including phenoxy) is 1. The summed E-state index contributed by atoms with van der Waals surface area (Å²) in [6.45, 7) is -1.59. The molecule has 0 saturated carbocycles. The Morgan fingerprint density at radius 3 is 2.69 bits per heavy atom. The lowest BCUT2D eigenvalue weighted by Crippen LogP contribution is -2.34. The minimum absolute atomic E-state index is 0.205. The molecule has 0 aliphatic heterocycles. The predicted molar refractivity (Wildman–Crippen MR) is 77.0 cm³/mol. The first-order chi connectivity index (χ1) is 12.2. The highest BCUT2D eigenvalue weighted by atomic mass is 32.1.